The van der Waals surface area contributed by atoms with Crippen LogP contribution in [0.3, 0.4) is 0 Å². The minimum atomic E-state index is -1.05. The topological polar surface area (TPSA) is 63.1 Å². The Morgan fingerprint density at radius 2 is 2.20 bits per heavy atom. The van der Waals surface area contributed by atoms with Gasteiger partial charge < -0.3 is 5.11 Å². The molecule has 0 radical (unpaired) electrons. The standard InChI is InChI=1S/C5H4N2O2.Ca.2H/c8-5(9)4-3-6-1-2-7-4;;;/h1-3H,(H,8,9);;;. The molecule has 0 unspecified atom stereocenters. The van der Waals surface area contributed by atoms with Crippen LogP contribution in [0.25, 0.3) is 0 Å². The van der Waals surface area contributed by atoms with E-state index in [-0.39, 0.29) is 43.4 Å². The van der Waals surface area contributed by atoms with Gasteiger partial charge in [0.1, 0.15) is 0 Å². The van der Waals surface area contributed by atoms with Gasteiger partial charge in [0, 0.05) is 12.4 Å². The first-order chi connectivity index (χ1) is 4.30. The van der Waals surface area contributed by atoms with E-state index in [0.29, 0.717) is 0 Å². The Morgan fingerprint density at radius 1 is 1.50 bits per heavy atom. The van der Waals surface area contributed by atoms with Gasteiger partial charge in [-0.3, -0.25) is 4.98 Å². The molecule has 1 rings (SSSR count). The molecule has 1 heterocycles. The van der Waals surface area contributed by atoms with Gasteiger partial charge in [-0.15, -0.1) is 0 Å². The summed E-state index contributed by atoms with van der Waals surface area (Å²) in [5.41, 5.74) is -0.0301. The number of carbonyl (C=O) groups is 1. The van der Waals surface area contributed by atoms with Crippen LogP contribution in [0.15, 0.2) is 18.6 Å². The van der Waals surface area contributed by atoms with E-state index < -0.39 is 5.97 Å². The molecule has 4 nitrogen and oxygen atoms in total. The quantitative estimate of drug-likeness (QED) is 0.558. The molecule has 0 aromatic carbocycles. The maximum absolute atomic E-state index is 10.1. The third-order valence-electron chi connectivity index (χ3n) is 0.782. The number of aromatic nitrogens is 2. The predicted molar refractivity (Wildman–Crippen MR) is 37.5 cm³/mol. The van der Waals surface area contributed by atoms with Crippen LogP contribution >= 0.6 is 0 Å². The van der Waals surface area contributed by atoms with Crippen molar-refractivity contribution in [3.05, 3.63) is 24.3 Å². The summed E-state index contributed by atoms with van der Waals surface area (Å²) in [5.74, 6) is -1.05. The van der Waals surface area contributed by atoms with Crippen LogP contribution in [0.4, 0.5) is 0 Å². The Morgan fingerprint density at radius 3 is 2.50 bits per heavy atom. The molecule has 0 aliphatic heterocycles. The van der Waals surface area contributed by atoms with E-state index >= 15 is 0 Å². The molecule has 0 aliphatic rings. The minimum absolute atomic E-state index is 0. The van der Waals surface area contributed by atoms with Crippen LogP contribution < -0.4 is 0 Å². The third-order valence-corrected chi connectivity index (χ3v) is 0.782. The molecule has 10 heavy (non-hydrogen) atoms. The van der Waals surface area contributed by atoms with Gasteiger partial charge in [-0.2, -0.15) is 0 Å². The average molecular weight is 166 g/mol. The molecular formula is C5H6CaN2O2. The third kappa shape index (κ3) is 2.60. The summed E-state index contributed by atoms with van der Waals surface area (Å²) in [6.07, 6.45) is 3.96. The molecule has 0 fully saturated rings. The van der Waals surface area contributed by atoms with E-state index in [2.05, 4.69) is 9.97 Å². The Bertz CT molecular complexity index is 214. The molecule has 1 N–H and O–H groups in total. The summed E-state index contributed by atoms with van der Waals surface area (Å²) in [6, 6.07) is 0. The summed E-state index contributed by atoms with van der Waals surface area (Å²) in [7, 11) is 0. The molecule has 50 valence electrons. The Labute approximate surface area is 87.3 Å². The van der Waals surface area contributed by atoms with Crippen LogP contribution in [-0.2, 0) is 0 Å². The molecule has 0 spiro atoms. The molecule has 1 aromatic rings. The van der Waals surface area contributed by atoms with Crippen LogP contribution in [-0.4, -0.2) is 58.8 Å². The first-order valence-corrected chi connectivity index (χ1v) is 2.30. The zero-order valence-electron chi connectivity index (χ0n) is 4.48. The van der Waals surface area contributed by atoms with Gasteiger partial charge >= 0.3 is 43.7 Å². The summed E-state index contributed by atoms with van der Waals surface area (Å²) in [4.78, 5) is 17.2. The van der Waals surface area contributed by atoms with E-state index in [9.17, 15) is 4.79 Å². The second kappa shape index (κ2) is 4.60. The van der Waals surface area contributed by atoms with Crippen molar-refractivity contribution in [2.75, 3.05) is 0 Å². The zero-order chi connectivity index (χ0) is 6.69. The number of hydrogen-bond acceptors (Lipinski definition) is 3. The molecule has 0 saturated heterocycles. The van der Waals surface area contributed by atoms with E-state index in [1.54, 1.807) is 0 Å². The van der Waals surface area contributed by atoms with Crippen molar-refractivity contribution in [2.45, 2.75) is 0 Å². The van der Waals surface area contributed by atoms with Crippen molar-refractivity contribution in [3.8, 4) is 0 Å². The van der Waals surface area contributed by atoms with Crippen molar-refractivity contribution in [1.82, 2.24) is 9.97 Å². The molecule has 0 bridgehead atoms. The van der Waals surface area contributed by atoms with Crippen LogP contribution in [0.1, 0.15) is 10.5 Å². The Kier molecular flexibility index (Phi) is 4.51. The summed E-state index contributed by atoms with van der Waals surface area (Å²) >= 11 is 0. The fourth-order valence-electron chi connectivity index (χ4n) is 0.410. The second-order valence-corrected chi connectivity index (χ2v) is 1.40. The molecule has 1 aromatic heterocycles. The molecule has 0 saturated carbocycles. The summed E-state index contributed by atoms with van der Waals surface area (Å²) < 4.78 is 0. The van der Waals surface area contributed by atoms with E-state index in [4.69, 9.17) is 5.11 Å². The van der Waals surface area contributed by atoms with Crippen molar-refractivity contribution in [1.29, 1.82) is 0 Å². The number of aromatic carboxylic acids is 1. The molecule has 0 atom stereocenters. The molecule has 0 aliphatic carbocycles. The van der Waals surface area contributed by atoms with E-state index in [1.165, 1.54) is 18.6 Å². The SMILES string of the molecule is O=C(O)c1cnccn1.[CaH2]. The first-order valence-electron chi connectivity index (χ1n) is 2.30. The average Bonchev–Trinajstić information content (AvgIpc) is 1.90. The van der Waals surface area contributed by atoms with E-state index in [1.807, 2.05) is 0 Å². The van der Waals surface area contributed by atoms with Gasteiger partial charge in [-0.25, -0.2) is 9.78 Å². The molecule has 0 amide bonds. The van der Waals surface area contributed by atoms with Crippen LogP contribution in [0.5, 0.6) is 0 Å². The van der Waals surface area contributed by atoms with Gasteiger partial charge in [0.15, 0.2) is 5.69 Å². The predicted octanol–water partition coefficient (Wildman–Crippen LogP) is -0.741. The van der Waals surface area contributed by atoms with Gasteiger partial charge in [0.25, 0.3) is 0 Å². The number of carboxylic acids is 1. The van der Waals surface area contributed by atoms with Gasteiger partial charge in [0.2, 0.25) is 0 Å². The van der Waals surface area contributed by atoms with Crippen molar-refractivity contribution >= 4 is 43.7 Å². The fraction of sp³-hybridized carbons (Fsp3) is 0. The first kappa shape index (κ1) is 9.81. The van der Waals surface area contributed by atoms with Gasteiger partial charge in [0.05, 0.1) is 6.20 Å². The number of hydrogen-bond donors (Lipinski definition) is 1. The van der Waals surface area contributed by atoms with E-state index in [0.717, 1.165) is 0 Å². The summed E-state index contributed by atoms with van der Waals surface area (Å²) in [6.45, 7) is 0. The molecular weight excluding hydrogens is 160 g/mol. The molecule has 5 heteroatoms. The fourth-order valence-corrected chi connectivity index (χ4v) is 0.410. The summed E-state index contributed by atoms with van der Waals surface area (Å²) in [5, 5.41) is 8.28. The normalized spacial score (nSPS) is 8.00. The number of carboxylic acid groups (broad SMARTS) is 1. The Hall–Kier alpha value is -0.190. The zero-order valence-corrected chi connectivity index (χ0v) is 4.48. The maximum atomic E-state index is 10.1. The van der Waals surface area contributed by atoms with Crippen molar-refractivity contribution in [2.24, 2.45) is 0 Å². The Balaban J connectivity index is 0.000000810. The van der Waals surface area contributed by atoms with Gasteiger partial charge in [-0.1, -0.05) is 0 Å². The van der Waals surface area contributed by atoms with Crippen molar-refractivity contribution in [3.63, 3.8) is 0 Å². The van der Waals surface area contributed by atoms with Crippen LogP contribution in [0.2, 0.25) is 0 Å². The van der Waals surface area contributed by atoms with Crippen molar-refractivity contribution < 1.29 is 9.90 Å². The number of nitrogens with zero attached hydrogens (tertiary/aromatic N) is 2. The van der Waals surface area contributed by atoms with Gasteiger partial charge in [-0.05, 0) is 0 Å². The van der Waals surface area contributed by atoms with Crippen LogP contribution in [0, 0.1) is 0 Å². The monoisotopic (exact) mass is 166 g/mol. The number of rotatable bonds is 1. The second-order valence-electron chi connectivity index (χ2n) is 1.40.